The van der Waals surface area contributed by atoms with Crippen LogP contribution in [0.4, 0.5) is 11.4 Å². The average molecular weight is 149 g/mol. The number of hydroxylamine groups is 1. The van der Waals surface area contributed by atoms with Gasteiger partial charge in [-0.15, -0.1) is 5.06 Å². The van der Waals surface area contributed by atoms with Crippen molar-refractivity contribution in [3.05, 3.63) is 29.5 Å². The Morgan fingerprint density at radius 3 is 2.91 bits per heavy atom. The van der Waals surface area contributed by atoms with Crippen LogP contribution in [0.5, 0.6) is 0 Å². The van der Waals surface area contributed by atoms with E-state index in [4.69, 9.17) is 0 Å². The number of nitrogens with zero attached hydrogens (tertiary/aromatic N) is 2. The summed E-state index contributed by atoms with van der Waals surface area (Å²) in [7, 11) is 1.91. The first-order chi connectivity index (χ1) is 5.29. The number of para-hydroxylation sites is 2. The van der Waals surface area contributed by atoms with Crippen LogP contribution >= 0.6 is 0 Å². The molecule has 0 saturated heterocycles. The van der Waals surface area contributed by atoms with Crippen LogP contribution in [0, 0.1) is 5.21 Å². The largest absolute Gasteiger partial charge is 0.575 e. The maximum atomic E-state index is 11.2. The van der Waals surface area contributed by atoms with Crippen LogP contribution in [0.15, 0.2) is 24.3 Å². The molecule has 0 spiro atoms. The third-order valence-corrected chi connectivity index (χ3v) is 1.90. The molecule has 0 saturated carbocycles. The quantitative estimate of drug-likeness (QED) is 0.412. The highest BCUT2D eigenvalue weighted by Crippen LogP contribution is 2.32. The van der Waals surface area contributed by atoms with Gasteiger partial charge in [0.1, 0.15) is 5.69 Å². The molecule has 1 aromatic rings. The van der Waals surface area contributed by atoms with Crippen molar-refractivity contribution in [1.82, 2.24) is 5.06 Å². The monoisotopic (exact) mass is 149 g/mol. The Balaban J connectivity index is 2.52. The molecule has 0 N–H and O–H groups in total. The SMILES string of the molecule is CN1C[N+]([O-])c2ccccc21. The molecule has 0 aliphatic carbocycles. The summed E-state index contributed by atoms with van der Waals surface area (Å²) in [5.41, 5.74) is 1.79. The zero-order chi connectivity index (χ0) is 7.84. The summed E-state index contributed by atoms with van der Waals surface area (Å²) >= 11 is 0. The molecular formula is C8H9N2O. The van der Waals surface area contributed by atoms with E-state index in [1.54, 1.807) is 0 Å². The normalized spacial score (nSPS) is 17.1. The lowest BCUT2D eigenvalue weighted by atomic mass is 10.3. The molecule has 1 aliphatic rings. The summed E-state index contributed by atoms with van der Waals surface area (Å²) in [6, 6.07) is 7.61. The maximum absolute atomic E-state index is 11.2. The van der Waals surface area contributed by atoms with Crippen LogP contribution < -0.4 is 9.96 Å². The van der Waals surface area contributed by atoms with Crippen LogP contribution in [0.2, 0.25) is 0 Å². The van der Waals surface area contributed by atoms with Crippen LogP contribution in [0.3, 0.4) is 0 Å². The van der Waals surface area contributed by atoms with Gasteiger partial charge < -0.3 is 10.1 Å². The summed E-state index contributed by atoms with van der Waals surface area (Å²) in [6.07, 6.45) is 0. The standard InChI is InChI=1S/C8H9N2O/c1-9-6-10(11)8-5-3-2-4-7(8)9/h2-5H,6H2,1H3. The minimum atomic E-state index is 0.444. The number of hydrogen-bond donors (Lipinski definition) is 0. The van der Waals surface area contributed by atoms with Crippen molar-refractivity contribution >= 4 is 11.4 Å². The predicted octanol–water partition coefficient (Wildman–Crippen LogP) is 1.36. The van der Waals surface area contributed by atoms with Crippen LogP contribution in [0.25, 0.3) is 0 Å². The molecule has 1 radical (unpaired) electrons. The fourth-order valence-corrected chi connectivity index (χ4v) is 1.34. The van der Waals surface area contributed by atoms with Gasteiger partial charge in [0.15, 0.2) is 0 Å². The van der Waals surface area contributed by atoms with Crippen LogP contribution in [-0.2, 0) is 0 Å². The molecule has 0 aromatic heterocycles. The summed E-state index contributed by atoms with van der Waals surface area (Å²) in [5, 5.41) is 12.1. The third kappa shape index (κ3) is 0.895. The van der Waals surface area contributed by atoms with Gasteiger partial charge in [0.25, 0.3) is 0 Å². The number of anilines is 2. The summed E-state index contributed by atoms with van der Waals surface area (Å²) in [6.45, 7) is 0.444. The Labute approximate surface area is 65.4 Å². The molecular weight excluding hydrogens is 140 g/mol. The molecule has 1 heterocycles. The molecule has 1 aromatic carbocycles. The number of hydrogen-bond acceptors (Lipinski definition) is 3. The second-order valence-corrected chi connectivity index (χ2v) is 2.71. The van der Waals surface area contributed by atoms with Gasteiger partial charge in [-0.1, -0.05) is 12.1 Å². The van der Waals surface area contributed by atoms with Gasteiger partial charge in [-0.25, -0.2) is 0 Å². The second kappa shape index (κ2) is 2.22. The van der Waals surface area contributed by atoms with Crippen molar-refractivity contribution in [1.29, 1.82) is 0 Å². The van der Waals surface area contributed by atoms with Crippen LogP contribution in [0.1, 0.15) is 0 Å². The summed E-state index contributed by atoms with van der Waals surface area (Å²) in [5.74, 6) is 0. The Bertz CT molecular complexity index is 248. The Kier molecular flexibility index (Phi) is 1.34. The lowest BCUT2D eigenvalue weighted by Gasteiger charge is -2.06. The van der Waals surface area contributed by atoms with E-state index in [9.17, 15) is 5.21 Å². The van der Waals surface area contributed by atoms with Crippen molar-refractivity contribution in [2.75, 3.05) is 18.6 Å². The molecule has 11 heavy (non-hydrogen) atoms. The van der Waals surface area contributed by atoms with Gasteiger partial charge >= 0.3 is 0 Å². The van der Waals surface area contributed by atoms with E-state index in [0.29, 0.717) is 6.67 Å². The highest BCUT2D eigenvalue weighted by Gasteiger charge is 2.26. The minimum Gasteiger partial charge on any atom is -0.575 e. The van der Waals surface area contributed by atoms with Crippen molar-refractivity contribution in [2.24, 2.45) is 0 Å². The maximum Gasteiger partial charge on any atom is 0.207 e. The van der Waals surface area contributed by atoms with E-state index in [2.05, 4.69) is 0 Å². The van der Waals surface area contributed by atoms with Gasteiger partial charge in [0, 0.05) is 13.1 Å². The molecule has 0 bridgehead atoms. The van der Waals surface area contributed by atoms with E-state index < -0.39 is 0 Å². The molecule has 0 amide bonds. The lowest BCUT2D eigenvalue weighted by molar-refractivity contribution is 0.714. The minimum absolute atomic E-state index is 0.444. The predicted molar refractivity (Wildman–Crippen MR) is 44.9 cm³/mol. The molecule has 0 fully saturated rings. The number of rotatable bonds is 0. The van der Waals surface area contributed by atoms with Crippen LogP contribution in [-0.4, -0.2) is 13.7 Å². The lowest BCUT2D eigenvalue weighted by Crippen LogP contribution is -2.23. The zero-order valence-corrected chi connectivity index (χ0v) is 6.32. The van der Waals surface area contributed by atoms with Gasteiger partial charge in [-0.05, 0) is 6.07 Å². The second-order valence-electron chi connectivity index (χ2n) is 2.71. The molecule has 3 nitrogen and oxygen atoms in total. The van der Waals surface area contributed by atoms with Crippen molar-refractivity contribution in [3.8, 4) is 0 Å². The highest BCUT2D eigenvalue weighted by atomic mass is 16.5. The first-order valence-corrected chi connectivity index (χ1v) is 3.54. The first-order valence-electron chi connectivity index (χ1n) is 3.54. The summed E-state index contributed by atoms with van der Waals surface area (Å²) in [4.78, 5) is 1.93. The fourth-order valence-electron chi connectivity index (χ4n) is 1.34. The van der Waals surface area contributed by atoms with E-state index in [0.717, 1.165) is 16.4 Å². The fraction of sp³-hybridized carbons (Fsp3) is 0.250. The van der Waals surface area contributed by atoms with Gasteiger partial charge in [-0.3, -0.25) is 0 Å². The summed E-state index contributed by atoms with van der Waals surface area (Å²) < 4.78 is 0. The van der Waals surface area contributed by atoms with E-state index >= 15 is 0 Å². The van der Waals surface area contributed by atoms with E-state index in [1.807, 2.05) is 36.2 Å². The Morgan fingerprint density at radius 2 is 2.18 bits per heavy atom. The Hall–Kier alpha value is -1.06. The molecule has 1 aliphatic heterocycles. The van der Waals surface area contributed by atoms with Crippen molar-refractivity contribution in [3.63, 3.8) is 0 Å². The van der Waals surface area contributed by atoms with Gasteiger partial charge in [-0.2, -0.15) is 0 Å². The zero-order valence-electron chi connectivity index (χ0n) is 6.32. The molecule has 0 atom stereocenters. The number of fused-ring (bicyclic) bond motifs is 1. The smallest absolute Gasteiger partial charge is 0.207 e. The highest BCUT2D eigenvalue weighted by molar-refractivity contribution is 5.71. The van der Waals surface area contributed by atoms with Crippen molar-refractivity contribution < 1.29 is 0 Å². The molecule has 0 unspecified atom stereocenters. The average Bonchev–Trinajstić information content (AvgIpc) is 2.30. The van der Waals surface area contributed by atoms with Gasteiger partial charge in [0.05, 0.1) is 0 Å². The van der Waals surface area contributed by atoms with Crippen molar-refractivity contribution in [2.45, 2.75) is 0 Å². The third-order valence-electron chi connectivity index (χ3n) is 1.90. The number of benzene rings is 1. The van der Waals surface area contributed by atoms with E-state index in [-0.39, 0.29) is 0 Å². The molecule has 2 rings (SSSR count). The Morgan fingerprint density at radius 1 is 1.45 bits per heavy atom. The van der Waals surface area contributed by atoms with E-state index in [1.165, 1.54) is 0 Å². The molecule has 57 valence electrons. The topological polar surface area (TPSA) is 32.2 Å². The first kappa shape index (κ1) is 6.64. The van der Waals surface area contributed by atoms with Gasteiger partial charge in [0.2, 0.25) is 12.4 Å². The molecule has 3 heteroatoms.